The van der Waals surface area contributed by atoms with Crippen LogP contribution in [0.1, 0.15) is 23.4 Å². The lowest BCUT2D eigenvalue weighted by atomic mass is 10.1. The average molecular weight is 314 g/mol. The summed E-state index contributed by atoms with van der Waals surface area (Å²) in [7, 11) is 1.86. The molecule has 1 atom stereocenters. The Morgan fingerprint density at radius 2 is 2.09 bits per heavy atom. The van der Waals surface area contributed by atoms with E-state index < -0.39 is 12.0 Å². The summed E-state index contributed by atoms with van der Waals surface area (Å²) in [6.07, 6.45) is 4.83. The molecule has 0 fully saturated rings. The zero-order chi connectivity index (χ0) is 16.7. The Morgan fingerprint density at radius 3 is 2.74 bits per heavy atom. The zero-order valence-corrected chi connectivity index (χ0v) is 13.2. The van der Waals surface area contributed by atoms with E-state index in [2.05, 4.69) is 15.3 Å². The van der Waals surface area contributed by atoms with Gasteiger partial charge in [0.05, 0.1) is 0 Å². The molecule has 0 aliphatic heterocycles. The lowest BCUT2D eigenvalue weighted by molar-refractivity contribution is -0.138. The number of hydrogen-bond acceptors (Lipinski definition) is 5. The lowest BCUT2D eigenvalue weighted by Crippen LogP contribution is -2.32. The Bertz CT molecular complexity index is 643. The predicted molar refractivity (Wildman–Crippen MR) is 89.4 cm³/mol. The number of pyridine rings is 2. The number of aryl methyl sites for hydroxylation is 2. The number of nitrogens with zero attached hydrogens (tertiary/aromatic N) is 2. The Morgan fingerprint density at radius 1 is 1.26 bits per heavy atom. The topological polar surface area (TPSA) is 101 Å². The van der Waals surface area contributed by atoms with Crippen molar-refractivity contribution in [1.82, 2.24) is 9.97 Å². The van der Waals surface area contributed by atoms with Crippen LogP contribution in [0.3, 0.4) is 0 Å². The van der Waals surface area contributed by atoms with E-state index in [4.69, 9.17) is 10.8 Å². The van der Waals surface area contributed by atoms with Crippen LogP contribution in [0.25, 0.3) is 0 Å². The van der Waals surface area contributed by atoms with Crippen LogP contribution in [-0.2, 0) is 24.1 Å². The number of hydrogen-bond donors (Lipinski definition) is 3. The third kappa shape index (κ3) is 5.34. The number of carboxylic acid groups (broad SMARTS) is 1. The summed E-state index contributed by atoms with van der Waals surface area (Å²) in [5, 5.41) is 11.8. The maximum absolute atomic E-state index is 10.7. The average Bonchev–Trinajstić information content (AvgIpc) is 2.56. The van der Waals surface area contributed by atoms with Gasteiger partial charge in [0, 0.05) is 31.1 Å². The quantitative estimate of drug-likeness (QED) is 0.685. The molecule has 0 radical (unpaired) electrons. The van der Waals surface area contributed by atoms with Gasteiger partial charge in [0.1, 0.15) is 11.9 Å². The molecule has 122 valence electrons. The van der Waals surface area contributed by atoms with Crippen LogP contribution < -0.4 is 11.1 Å². The van der Waals surface area contributed by atoms with Crippen molar-refractivity contribution in [2.24, 2.45) is 5.73 Å². The molecule has 0 aromatic carbocycles. The van der Waals surface area contributed by atoms with Crippen LogP contribution in [0.2, 0.25) is 0 Å². The molecule has 4 N–H and O–H groups in total. The third-order valence-corrected chi connectivity index (χ3v) is 3.59. The fraction of sp³-hybridized carbons (Fsp3) is 0.353. The van der Waals surface area contributed by atoms with Gasteiger partial charge in [-0.25, -0.2) is 4.98 Å². The standard InChI is InChI=1S/C17H22N4O2/c1-19-16-7-3-6-13(21-16)5-2-4-12-8-9-14(20-11-12)10-15(18)17(22)23/h3,6-9,11,15H,2,4-5,10,18H2,1H3,(H,19,21)(H,22,23)/t15-/m0/s1. The number of aliphatic carboxylic acids is 1. The first-order valence-corrected chi connectivity index (χ1v) is 7.64. The summed E-state index contributed by atoms with van der Waals surface area (Å²) in [5.41, 5.74) is 8.40. The van der Waals surface area contributed by atoms with E-state index in [1.54, 1.807) is 6.20 Å². The Kier molecular flexibility index (Phi) is 6.05. The SMILES string of the molecule is CNc1cccc(CCCc2ccc(C[C@H](N)C(=O)O)nc2)n1. The number of aromatic nitrogens is 2. The van der Waals surface area contributed by atoms with Gasteiger partial charge in [-0.3, -0.25) is 9.78 Å². The van der Waals surface area contributed by atoms with Crippen molar-refractivity contribution in [1.29, 1.82) is 0 Å². The summed E-state index contributed by atoms with van der Waals surface area (Å²) < 4.78 is 0. The minimum atomic E-state index is -1.01. The maximum Gasteiger partial charge on any atom is 0.320 e. The summed E-state index contributed by atoms with van der Waals surface area (Å²) in [4.78, 5) is 19.5. The van der Waals surface area contributed by atoms with Crippen LogP contribution in [-0.4, -0.2) is 34.1 Å². The van der Waals surface area contributed by atoms with Gasteiger partial charge >= 0.3 is 5.97 Å². The van der Waals surface area contributed by atoms with Crippen molar-refractivity contribution in [3.63, 3.8) is 0 Å². The zero-order valence-electron chi connectivity index (χ0n) is 13.2. The van der Waals surface area contributed by atoms with E-state index in [-0.39, 0.29) is 6.42 Å². The molecule has 0 bridgehead atoms. The third-order valence-electron chi connectivity index (χ3n) is 3.59. The van der Waals surface area contributed by atoms with Crippen molar-refractivity contribution in [2.75, 3.05) is 12.4 Å². The molecule has 0 aliphatic rings. The Labute approximate surface area is 135 Å². The van der Waals surface area contributed by atoms with Gasteiger partial charge < -0.3 is 16.2 Å². The number of carboxylic acids is 1. The fourth-order valence-electron chi connectivity index (χ4n) is 2.27. The molecule has 0 saturated carbocycles. The van der Waals surface area contributed by atoms with Gasteiger partial charge in [0.15, 0.2) is 0 Å². The van der Waals surface area contributed by atoms with Gasteiger partial charge in [0.25, 0.3) is 0 Å². The molecule has 0 spiro atoms. The highest BCUT2D eigenvalue weighted by Crippen LogP contribution is 2.10. The van der Waals surface area contributed by atoms with Crippen LogP contribution in [0, 0.1) is 0 Å². The normalized spacial score (nSPS) is 11.9. The molecule has 2 heterocycles. The first kappa shape index (κ1) is 16.9. The largest absolute Gasteiger partial charge is 0.480 e. The van der Waals surface area contributed by atoms with E-state index in [0.29, 0.717) is 5.69 Å². The van der Waals surface area contributed by atoms with Crippen molar-refractivity contribution in [3.8, 4) is 0 Å². The smallest absolute Gasteiger partial charge is 0.320 e. The Balaban J connectivity index is 1.83. The minimum Gasteiger partial charge on any atom is -0.480 e. The highest BCUT2D eigenvalue weighted by Gasteiger charge is 2.12. The first-order chi connectivity index (χ1) is 11.1. The molecule has 2 aromatic heterocycles. The summed E-state index contributed by atoms with van der Waals surface area (Å²) in [6, 6.07) is 8.88. The first-order valence-electron chi connectivity index (χ1n) is 7.64. The minimum absolute atomic E-state index is 0.246. The van der Waals surface area contributed by atoms with Gasteiger partial charge in [-0.05, 0) is 43.0 Å². The lowest BCUT2D eigenvalue weighted by Gasteiger charge is -2.07. The highest BCUT2D eigenvalue weighted by molar-refractivity contribution is 5.73. The summed E-state index contributed by atoms with van der Waals surface area (Å²) >= 11 is 0. The second kappa shape index (κ2) is 8.24. The summed E-state index contributed by atoms with van der Waals surface area (Å²) in [6.45, 7) is 0. The number of rotatable bonds is 8. The van der Waals surface area contributed by atoms with Crippen LogP contribution in [0.15, 0.2) is 36.5 Å². The van der Waals surface area contributed by atoms with Crippen LogP contribution in [0.5, 0.6) is 0 Å². The van der Waals surface area contributed by atoms with E-state index in [9.17, 15) is 4.79 Å². The molecule has 2 rings (SSSR count). The molecule has 6 nitrogen and oxygen atoms in total. The number of anilines is 1. The molecule has 0 amide bonds. The summed E-state index contributed by atoms with van der Waals surface area (Å²) in [5.74, 6) is -0.129. The van der Waals surface area contributed by atoms with Crippen molar-refractivity contribution < 1.29 is 9.90 Å². The van der Waals surface area contributed by atoms with Gasteiger partial charge in [-0.1, -0.05) is 12.1 Å². The number of carbonyl (C=O) groups is 1. The molecule has 0 aliphatic carbocycles. The highest BCUT2D eigenvalue weighted by atomic mass is 16.4. The second-order valence-electron chi connectivity index (χ2n) is 5.42. The fourth-order valence-corrected chi connectivity index (χ4v) is 2.27. The molecule has 0 unspecified atom stereocenters. The van der Waals surface area contributed by atoms with Gasteiger partial charge in [0.2, 0.25) is 0 Å². The number of nitrogens with two attached hydrogens (primary N) is 1. The molecular weight excluding hydrogens is 292 g/mol. The van der Waals surface area contributed by atoms with Gasteiger partial charge in [-0.15, -0.1) is 0 Å². The van der Waals surface area contributed by atoms with E-state index in [0.717, 1.165) is 36.3 Å². The van der Waals surface area contributed by atoms with Crippen LogP contribution >= 0.6 is 0 Å². The molecule has 23 heavy (non-hydrogen) atoms. The van der Waals surface area contributed by atoms with Crippen molar-refractivity contribution in [3.05, 3.63) is 53.5 Å². The molecule has 6 heteroatoms. The van der Waals surface area contributed by atoms with E-state index in [1.807, 2.05) is 37.4 Å². The molecular formula is C17H22N4O2. The van der Waals surface area contributed by atoms with E-state index in [1.165, 1.54) is 0 Å². The molecule has 2 aromatic rings. The van der Waals surface area contributed by atoms with Crippen LogP contribution in [0.4, 0.5) is 5.82 Å². The number of nitrogens with one attached hydrogen (secondary N) is 1. The van der Waals surface area contributed by atoms with Gasteiger partial charge in [-0.2, -0.15) is 0 Å². The maximum atomic E-state index is 10.7. The van der Waals surface area contributed by atoms with Crippen molar-refractivity contribution >= 4 is 11.8 Å². The van der Waals surface area contributed by atoms with Crippen molar-refractivity contribution in [2.45, 2.75) is 31.7 Å². The van der Waals surface area contributed by atoms with E-state index >= 15 is 0 Å². The monoisotopic (exact) mass is 314 g/mol. The molecule has 0 saturated heterocycles. The second-order valence-corrected chi connectivity index (χ2v) is 5.42. The predicted octanol–water partition coefficient (Wildman–Crippen LogP) is 1.65. The Hall–Kier alpha value is -2.47.